The van der Waals surface area contributed by atoms with Gasteiger partial charge in [-0.1, -0.05) is 24.6 Å². The van der Waals surface area contributed by atoms with E-state index in [4.69, 9.17) is 0 Å². The summed E-state index contributed by atoms with van der Waals surface area (Å²) in [6.07, 6.45) is 0. The number of carbonyl (C=O) groups is 1. The Morgan fingerprint density at radius 1 is 1.27 bits per heavy atom. The maximum Gasteiger partial charge on any atom is 0.238 e. The number of aryl methyl sites for hydroxylation is 2. The van der Waals surface area contributed by atoms with E-state index in [2.05, 4.69) is 52.1 Å². The van der Waals surface area contributed by atoms with Crippen LogP contribution in [0.1, 0.15) is 22.9 Å². The standard InChI is InChI=1S/C17H21BrN2OS/c1-4-20(10-14-6-8-16(18)22-14)11-17(21)19-15-7-5-12(2)9-13(15)3/h5-9H,4,10-11H2,1-3H3,(H,19,21). The summed E-state index contributed by atoms with van der Waals surface area (Å²) >= 11 is 5.18. The van der Waals surface area contributed by atoms with E-state index in [0.717, 1.165) is 28.1 Å². The second-order valence-electron chi connectivity index (χ2n) is 5.38. The number of amides is 1. The quantitative estimate of drug-likeness (QED) is 0.794. The van der Waals surface area contributed by atoms with Crippen molar-refractivity contribution >= 4 is 38.9 Å². The third kappa shape index (κ3) is 4.93. The van der Waals surface area contributed by atoms with E-state index in [1.54, 1.807) is 11.3 Å². The zero-order valence-electron chi connectivity index (χ0n) is 13.1. The van der Waals surface area contributed by atoms with Crippen LogP contribution in [0.15, 0.2) is 34.1 Å². The number of benzene rings is 1. The molecule has 1 aromatic heterocycles. The van der Waals surface area contributed by atoms with Gasteiger partial charge in [0, 0.05) is 17.1 Å². The van der Waals surface area contributed by atoms with Gasteiger partial charge in [-0.05, 0) is 60.1 Å². The third-order valence-electron chi connectivity index (χ3n) is 3.48. The van der Waals surface area contributed by atoms with Crippen LogP contribution in [-0.4, -0.2) is 23.9 Å². The molecule has 5 heteroatoms. The average molecular weight is 381 g/mol. The highest BCUT2D eigenvalue weighted by atomic mass is 79.9. The molecule has 1 aromatic carbocycles. The maximum absolute atomic E-state index is 12.3. The van der Waals surface area contributed by atoms with Gasteiger partial charge in [0.25, 0.3) is 0 Å². The second kappa shape index (κ2) is 7.90. The Balaban J connectivity index is 1.94. The molecule has 0 aliphatic rings. The monoisotopic (exact) mass is 380 g/mol. The number of hydrogen-bond donors (Lipinski definition) is 1. The molecule has 0 spiro atoms. The number of carbonyl (C=O) groups excluding carboxylic acids is 1. The summed E-state index contributed by atoms with van der Waals surface area (Å²) in [7, 11) is 0. The van der Waals surface area contributed by atoms with Crippen LogP contribution in [-0.2, 0) is 11.3 Å². The van der Waals surface area contributed by atoms with Crippen molar-refractivity contribution < 1.29 is 4.79 Å². The molecule has 1 N–H and O–H groups in total. The molecule has 0 saturated heterocycles. The van der Waals surface area contributed by atoms with Crippen molar-refractivity contribution in [1.29, 1.82) is 0 Å². The second-order valence-corrected chi connectivity index (χ2v) is 7.92. The van der Waals surface area contributed by atoms with Crippen LogP contribution < -0.4 is 5.32 Å². The van der Waals surface area contributed by atoms with Crippen LogP contribution in [0, 0.1) is 13.8 Å². The first-order chi connectivity index (χ1) is 10.5. The van der Waals surface area contributed by atoms with Crippen molar-refractivity contribution in [1.82, 2.24) is 4.90 Å². The first-order valence-corrected chi connectivity index (χ1v) is 8.92. The number of halogens is 1. The maximum atomic E-state index is 12.3. The first-order valence-electron chi connectivity index (χ1n) is 7.31. The number of nitrogens with one attached hydrogen (secondary N) is 1. The SMILES string of the molecule is CCN(CC(=O)Nc1ccc(C)cc1C)Cc1ccc(Br)s1. The summed E-state index contributed by atoms with van der Waals surface area (Å²) in [5, 5.41) is 3.01. The molecule has 0 aliphatic carbocycles. The van der Waals surface area contributed by atoms with Crippen LogP contribution >= 0.6 is 27.3 Å². The van der Waals surface area contributed by atoms with Crippen molar-refractivity contribution in [3.05, 3.63) is 50.1 Å². The lowest BCUT2D eigenvalue weighted by molar-refractivity contribution is -0.117. The molecule has 3 nitrogen and oxygen atoms in total. The van der Waals surface area contributed by atoms with Crippen LogP contribution in [0.2, 0.25) is 0 Å². The summed E-state index contributed by atoms with van der Waals surface area (Å²) < 4.78 is 1.12. The highest BCUT2D eigenvalue weighted by molar-refractivity contribution is 9.11. The van der Waals surface area contributed by atoms with Crippen LogP contribution in [0.4, 0.5) is 5.69 Å². The minimum atomic E-state index is 0.0319. The smallest absolute Gasteiger partial charge is 0.238 e. The van der Waals surface area contributed by atoms with Gasteiger partial charge in [0.15, 0.2) is 0 Å². The lowest BCUT2D eigenvalue weighted by Crippen LogP contribution is -2.32. The summed E-state index contributed by atoms with van der Waals surface area (Å²) in [6.45, 7) is 8.19. The Morgan fingerprint density at radius 2 is 2.05 bits per heavy atom. The zero-order valence-corrected chi connectivity index (χ0v) is 15.6. The molecule has 0 unspecified atom stereocenters. The Morgan fingerprint density at radius 3 is 2.64 bits per heavy atom. The van der Waals surface area contributed by atoms with Crippen molar-refractivity contribution in [2.45, 2.75) is 27.3 Å². The van der Waals surface area contributed by atoms with Gasteiger partial charge in [0.1, 0.15) is 0 Å². The molecule has 0 fully saturated rings. The molecule has 0 aliphatic heterocycles. The van der Waals surface area contributed by atoms with Gasteiger partial charge in [-0.25, -0.2) is 0 Å². The average Bonchev–Trinajstić information content (AvgIpc) is 2.86. The number of anilines is 1. The Kier molecular flexibility index (Phi) is 6.17. The number of nitrogens with zero attached hydrogens (tertiary/aromatic N) is 1. The Bertz CT molecular complexity index is 654. The van der Waals surface area contributed by atoms with Crippen molar-refractivity contribution in [2.75, 3.05) is 18.4 Å². The lowest BCUT2D eigenvalue weighted by atomic mass is 10.1. The summed E-state index contributed by atoms with van der Waals surface area (Å²) in [5.74, 6) is 0.0319. The van der Waals surface area contributed by atoms with Crippen molar-refractivity contribution in [2.24, 2.45) is 0 Å². The zero-order chi connectivity index (χ0) is 16.1. The molecular weight excluding hydrogens is 360 g/mol. The number of rotatable bonds is 6. The molecule has 0 bridgehead atoms. The summed E-state index contributed by atoms with van der Waals surface area (Å²) in [5.41, 5.74) is 3.19. The molecule has 0 radical (unpaired) electrons. The Hall–Kier alpha value is -1.17. The third-order valence-corrected chi connectivity index (χ3v) is 5.09. The van der Waals surface area contributed by atoms with Crippen molar-refractivity contribution in [3.8, 4) is 0 Å². The van der Waals surface area contributed by atoms with E-state index in [9.17, 15) is 4.79 Å². The van der Waals surface area contributed by atoms with Crippen LogP contribution in [0.3, 0.4) is 0 Å². The van der Waals surface area contributed by atoms with E-state index in [-0.39, 0.29) is 5.91 Å². The molecular formula is C17H21BrN2OS. The number of thiophene rings is 1. The van der Waals surface area contributed by atoms with Crippen LogP contribution in [0.5, 0.6) is 0 Å². The van der Waals surface area contributed by atoms with E-state index < -0.39 is 0 Å². The molecule has 22 heavy (non-hydrogen) atoms. The van der Waals surface area contributed by atoms with E-state index >= 15 is 0 Å². The van der Waals surface area contributed by atoms with Gasteiger partial charge in [-0.3, -0.25) is 9.69 Å². The van der Waals surface area contributed by atoms with Gasteiger partial charge < -0.3 is 5.32 Å². The van der Waals surface area contributed by atoms with Crippen molar-refractivity contribution in [3.63, 3.8) is 0 Å². The molecule has 2 rings (SSSR count). The highest BCUT2D eigenvalue weighted by Gasteiger charge is 2.12. The normalized spacial score (nSPS) is 11.0. The van der Waals surface area contributed by atoms with Crippen LogP contribution in [0.25, 0.3) is 0 Å². The van der Waals surface area contributed by atoms with Gasteiger partial charge in [-0.2, -0.15) is 0 Å². The molecule has 0 saturated carbocycles. The highest BCUT2D eigenvalue weighted by Crippen LogP contribution is 2.23. The predicted molar refractivity (Wildman–Crippen MR) is 97.5 cm³/mol. The summed E-state index contributed by atoms with van der Waals surface area (Å²) in [4.78, 5) is 15.6. The lowest BCUT2D eigenvalue weighted by Gasteiger charge is -2.19. The van der Waals surface area contributed by atoms with Gasteiger partial charge in [-0.15, -0.1) is 11.3 Å². The fourth-order valence-electron chi connectivity index (χ4n) is 2.28. The topological polar surface area (TPSA) is 32.3 Å². The molecule has 1 amide bonds. The molecule has 0 atom stereocenters. The minimum Gasteiger partial charge on any atom is -0.325 e. The molecule has 2 aromatic rings. The van der Waals surface area contributed by atoms with E-state index in [0.29, 0.717) is 6.54 Å². The number of likely N-dealkylation sites (N-methyl/N-ethyl adjacent to an activating group) is 1. The molecule has 118 valence electrons. The largest absolute Gasteiger partial charge is 0.325 e. The van der Waals surface area contributed by atoms with E-state index in [1.807, 2.05) is 25.1 Å². The summed E-state index contributed by atoms with van der Waals surface area (Å²) in [6, 6.07) is 10.2. The molecule has 1 heterocycles. The number of hydrogen-bond acceptors (Lipinski definition) is 3. The fourth-order valence-corrected chi connectivity index (χ4v) is 3.81. The van der Waals surface area contributed by atoms with Gasteiger partial charge in [0.2, 0.25) is 5.91 Å². The Labute approximate surface area is 144 Å². The predicted octanol–water partition coefficient (Wildman–Crippen LogP) is 4.59. The van der Waals surface area contributed by atoms with Gasteiger partial charge >= 0.3 is 0 Å². The van der Waals surface area contributed by atoms with Gasteiger partial charge in [0.05, 0.1) is 10.3 Å². The fraction of sp³-hybridized carbons (Fsp3) is 0.353. The first kappa shape index (κ1) is 17.2. The minimum absolute atomic E-state index is 0.0319. The van der Waals surface area contributed by atoms with E-state index in [1.165, 1.54) is 10.4 Å².